The van der Waals surface area contributed by atoms with Crippen molar-refractivity contribution in [3.8, 4) is 0 Å². The van der Waals surface area contributed by atoms with E-state index in [1.165, 1.54) is 6.42 Å². The summed E-state index contributed by atoms with van der Waals surface area (Å²) in [4.78, 5) is 2.57. The zero-order valence-corrected chi connectivity index (χ0v) is 11.9. The van der Waals surface area contributed by atoms with Crippen LogP contribution < -0.4 is 5.32 Å². The predicted octanol–water partition coefficient (Wildman–Crippen LogP) is 2.83. The Morgan fingerprint density at radius 2 is 2.00 bits per heavy atom. The summed E-state index contributed by atoms with van der Waals surface area (Å²) >= 11 is 0. The summed E-state index contributed by atoms with van der Waals surface area (Å²) in [5.74, 6) is 2.90. The average Bonchev–Trinajstić information content (AvgIpc) is 2.88. The highest BCUT2D eigenvalue weighted by Gasteiger charge is 2.28. The number of piperazine rings is 1. The number of nitrogens with zero attached hydrogens (tertiary/aromatic N) is 1. The smallest absolute Gasteiger partial charge is 0.121 e. The third-order valence-corrected chi connectivity index (χ3v) is 4.05. The Balaban J connectivity index is 2.17. The first-order chi connectivity index (χ1) is 8.76. The molecule has 3 nitrogen and oxygen atoms in total. The highest BCUT2D eigenvalue weighted by Crippen LogP contribution is 2.32. The minimum atomic E-state index is 0.442. The lowest BCUT2D eigenvalue weighted by molar-refractivity contribution is 0.109. The first-order valence-electron chi connectivity index (χ1n) is 7.29. The first-order valence-corrected chi connectivity index (χ1v) is 7.29. The molecule has 1 unspecified atom stereocenters. The van der Waals surface area contributed by atoms with Crippen LogP contribution in [0, 0.1) is 5.92 Å². The fourth-order valence-electron chi connectivity index (χ4n) is 2.75. The maximum Gasteiger partial charge on any atom is 0.121 e. The van der Waals surface area contributed by atoms with Gasteiger partial charge in [-0.25, -0.2) is 0 Å². The molecule has 0 saturated carbocycles. The molecule has 0 aromatic carbocycles. The quantitative estimate of drug-likeness (QED) is 0.871. The number of nitrogens with one attached hydrogen (secondary N) is 1. The van der Waals surface area contributed by atoms with Gasteiger partial charge in [0.25, 0.3) is 0 Å². The Bertz CT molecular complexity index is 355. The zero-order valence-electron chi connectivity index (χ0n) is 11.9. The van der Waals surface area contributed by atoms with Crippen LogP contribution in [0.5, 0.6) is 0 Å². The fourth-order valence-corrected chi connectivity index (χ4v) is 2.75. The molecule has 0 aliphatic carbocycles. The van der Waals surface area contributed by atoms with E-state index in [-0.39, 0.29) is 0 Å². The second kappa shape index (κ2) is 6.39. The normalized spacial score (nSPS) is 20.8. The van der Waals surface area contributed by atoms with Crippen molar-refractivity contribution < 1.29 is 4.42 Å². The van der Waals surface area contributed by atoms with Gasteiger partial charge in [0.1, 0.15) is 11.5 Å². The third-order valence-electron chi connectivity index (χ3n) is 4.05. The Kier molecular flexibility index (Phi) is 4.84. The van der Waals surface area contributed by atoms with Gasteiger partial charge in [0.05, 0.1) is 6.04 Å². The molecule has 2 rings (SSSR count). The van der Waals surface area contributed by atoms with Crippen LogP contribution in [0.4, 0.5) is 0 Å². The van der Waals surface area contributed by atoms with Crippen LogP contribution in [0.15, 0.2) is 16.5 Å². The molecule has 2 atom stereocenters. The molecule has 1 N–H and O–H groups in total. The molecule has 0 spiro atoms. The molecule has 0 bridgehead atoms. The molecule has 0 amide bonds. The van der Waals surface area contributed by atoms with E-state index in [9.17, 15) is 0 Å². The molecule has 1 saturated heterocycles. The van der Waals surface area contributed by atoms with Gasteiger partial charge in [-0.05, 0) is 18.1 Å². The second-order valence-electron chi connectivity index (χ2n) is 5.27. The van der Waals surface area contributed by atoms with Crippen LogP contribution >= 0.6 is 0 Å². The predicted molar refractivity (Wildman–Crippen MR) is 74.7 cm³/mol. The number of rotatable bonds is 5. The largest absolute Gasteiger partial charge is 0.464 e. The molecule has 1 fully saturated rings. The van der Waals surface area contributed by atoms with E-state index in [1.54, 1.807) is 0 Å². The number of hydrogen-bond donors (Lipinski definition) is 1. The maximum absolute atomic E-state index is 6.01. The van der Waals surface area contributed by atoms with Crippen LogP contribution in [0.1, 0.15) is 44.8 Å². The monoisotopic (exact) mass is 250 g/mol. The van der Waals surface area contributed by atoms with Crippen LogP contribution in [-0.2, 0) is 6.42 Å². The summed E-state index contributed by atoms with van der Waals surface area (Å²) in [6.07, 6.45) is 2.17. The zero-order chi connectivity index (χ0) is 13.0. The van der Waals surface area contributed by atoms with Crippen LogP contribution in [0.3, 0.4) is 0 Å². The van der Waals surface area contributed by atoms with E-state index in [0.29, 0.717) is 12.0 Å². The van der Waals surface area contributed by atoms with Crippen molar-refractivity contribution in [2.24, 2.45) is 5.92 Å². The van der Waals surface area contributed by atoms with Crippen LogP contribution in [0.25, 0.3) is 0 Å². The average molecular weight is 250 g/mol. The number of aryl methyl sites for hydroxylation is 1. The van der Waals surface area contributed by atoms with Gasteiger partial charge in [-0.2, -0.15) is 0 Å². The van der Waals surface area contributed by atoms with Crippen molar-refractivity contribution in [2.45, 2.75) is 39.7 Å². The molecular formula is C15H26N2O. The Morgan fingerprint density at radius 1 is 1.28 bits per heavy atom. The van der Waals surface area contributed by atoms with Crippen LogP contribution in [-0.4, -0.2) is 31.1 Å². The van der Waals surface area contributed by atoms with Gasteiger partial charge in [0, 0.05) is 32.6 Å². The van der Waals surface area contributed by atoms with Crippen molar-refractivity contribution in [1.29, 1.82) is 0 Å². The minimum Gasteiger partial charge on any atom is -0.464 e. The SMILES string of the molecule is CCc1ccc([C@H](C(C)CC)N2CCNCC2)o1. The van der Waals surface area contributed by atoms with Gasteiger partial charge < -0.3 is 9.73 Å². The third kappa shape index (κ3) is 2.96. The van der Waals surface area contributed by atoms with Crippen molar-refractivity contribution >= 4 is 0 Å². The van der Waals surface area contributed by atoms with E-state index in [2.05, 4.69) is 43.1 Å². The standard InChI is InChI=1S/C15H26N2O/c1-4-12(3)15(17-10-8-16-9-11-17)14-7-6-13(5-2)18-14/h6-7,12,15-16H,4-5,8-11H2,1-3H3/t12?,15-/m0/s1. The molecule has 0 radical (unpaired) electrons. The molecule has 1 aromatic rings. The maximum atomic E-state index is 6.01. The van der Waals surface area contributed by atoms with Gasteiger partial charge >= 0.3 is 0 Å². The molecule has 3 heteroatoms. The van der Waals surface area contributed by atoms with Crippen molar-refractivity contribution in [3.05, 3.63) is 23.7 Å². The summed E-state index contributed by atoms with van der Waals surface area (Å²) < 4.78 is 6.01. The molecule has 2 heterocycles. The van der Waals surface area contributed by atoms with E-state index in [1.807, 2.05) is 0 Å². The molecule has 102 valence electrons. The van der Waals surface area contributed by atoms with Crippen LogP contribution in [0.2, 0.25) is 0 Å². The summed E-state index contributed by atoms with van der Waals surface area (Å²) in [7, 11) is 0. The summed E-state index contributed by atoms with van der Waals surface area (Å²) in [5, 5.41) is 3.42. The minimum absolute atomic E-state index is 0.442. The molecule has 18 heavy (non-hydrogen) atoms. The Hall–Kier alpha value is -0.800. The van der Waals surface area contributed by atoms with E-state index in [0.717, 1.165) is 44.1 Å². The van der Waals surface area contributed by atoms with Gasteiger partial charge in [-0.3, -0.25) is 4.90 Å². The van der Waals surface area contributed by atoms with E-state index in [4.69, 9.17) is 4.42 Å². The lowest BCUT2D eigenvalue weighted by atomic mass is 9.95. The molecule has 1 aliphatic rings. The Labute approximate surface area is 111 Å². The fraction of sp³-hybridized carbons (Fsp3) is 0.733. The lowest BCUT2D eigenvalue weighted by Gasteiger charge is -2.36. The summed E-state index contributed by atoms with van der Waals surface area (Å²) in [5.41, 5.74) is 0. The molecular weight excluding hydrogens is 224 g/mol. The van der Waals surface area contributed by atoms with Crippen molar-refractivity contribution in [3.63, 3.8) is 0 Å². The molecule has 1 aromatic heterocycles. The lowest BCUT2D eigenvalue weighted by Crippen LogP contribution is -2.46. The number of hydrogen-bond acceptors (Lipinski definition) is 3. The topological polar surface area (TPSA) is 28.4 Å². The number of furan rings is 1. The van der Waals surface area contributed by atoms with Gasteiger partial charge in [0.15, 0.2) is 0 Å². The summed E-state index contributed by atoms with van der Waals surface area (Å²) in [6, 6.07) is 4.75. The highest BCUT2D eigenvalue weighted by molar-refractivity contribution is 5.12. The van der Waals surface area contributed by atoms with Gasteiger partial charge in [0.2, 0.25) is 0 Å². The molecule has 1 aliphatic heterocycles. The first kappa shape index (κ1) is 13.6. The van der Waals surface area contributed by atoms with Crippen molar-refractivity contribution in [2.75, 3.05) is 26.2 Å². The highest BCUT2D eigenvalue weighted by atomic mass is 16.3. The second-order valence-corrected chi connectivity index (χ2v) is 5.27. The van der Waals surface area contributed by atoms with Gasteiger partial charge in [-0.1, -0.05) is 27.2 Å². The van der Waals surface area contributed by atoms with E-state index < -0.39 is 0 Å². The Morgan fingerprint density at radius 3 is 2.56 bits per heavy atom. The van der Waals surface area contributed by atoms with Gasteiger partial charge in [-0.15, -0.1) is 0 Å². The summed E-state index contributed by atoms with van der Waals surface area (Å²) in [6.45, 7) is 11.2. The van der Waals surface area contributed by atoms with Crippen molar-refractivity contribution in [1.82, 2.24) is 10.2 Å². The van der Waals surface area contributed by atoms with E-state index >= 15 is 0 Å².